The number of fused-ring (bicyclic) bond motifs is 1. The summed E-state index contributed by atoms with van der Waals surface area (Å²) in [7, 11) is -3.96. The van der Waals surface area contributed by atoms with Gasteiger partial charge in [0.15, 0.2) is 11.5 Å². The molecule has 0 aromatic heterocycles. The van der Waals surface area contributed by atoms with Crippen LogP contribution in [0.3, 0.4) is 0 Å². The number of halogens is 1. The zero-order valence-corrected chi connectivity index (χ0v) is 19.5. The Hall–Kier alpha value is -2.69. The first kappa shape index (κ1) is 23.5. The van der Waals surface area contributed by atoms with E-state index < -0.39 is 21.9 Å². The molecular weight excluding hydrogens is 449 g/mol. The van der Waals surface area contributed by atoms with Gasteiger partial charge in [0.05, 0.1) is 4.90 Å². The minimum Gasteiger partial charge on any atom is -0.454 e. The number of rotatable bonds is 7. The lowest BCUT2D eigenvalue weighted by molar-refractivity contribution is -0.135. The first-order chi connectivity index (χ1) is 15.7. The molecule has 1 atom stereocenters. The predicted molar refractivity (Wildman–Crippen MR) is 120 cm³/mol. The molecule has 2 aromatic carbocycles. The summed E-state index contributed by atoms with van der Waals surface area (Å²) in [6.45, 7) is 6.92. The molecule has 2 heterocycles. The fourth-order valence-corrected chi connectivity index (χ4v) is 5.28. The van der Waals surface area contributed by atoms with Gasteiger partial charge in [-0.2, -0.15) is 4.72 Å². The van der Waals surface area contributed by atoms with Gasteiger partial charge in [-0.25, -0.2) is 12.8 Å². The number of nitrogens with one attached hydrogen (secondary N) is 1. The molecule has 0 aliphatic carbocycles. The summed E-state index contributed by atoms with van der Waals surface area (Å²) in [5.41, 5.74) is 1.10. The molecule has 8 nitrogen and oxygen atoms in total. The second-order valence-electron chi connectivity index (χ2n) is 8.59. The topological polar surface area (TPSA) is 88.2 Å². The quantitative estimate of drug-likeness (QED) is 0.658. The number of carbonyl (C=O) groups is 1. The molecule has 33 heavy (non-hydrogen) atoms. The molecule has 1 fully saturated rings. The molecule has 10 heteroatoms. The summed E-state index contributed by atoms with van der Waals surface area (Å²) in [5.74, 6) is 0.466. The Morgan fingerprint density at radius 2 is 1.70 bits per heavy atom. The van der Waals surface area contributed by atoms with Crippen LogP contribution in [0.15, 0.2) is 47.4 Å². The van der Waals surface area contributed by atoms with Crippen LogP contribution in [-0.2, 0) is 21.4 Å². The van der Waals surface area contributed by atoms with Gasteiger partial charge in [-0.1, -0.05) is 19.9 Å². The highest BCUT2D eigenvalue weighted by atomic mass is 32.2. The van der Waals surface area contributed by atoms with E-state index in [0.717, 1.165) is 35.7 Å². The number of piperazine rings is 1. The van der Waals surface area contributed by atoms with Crippen LogP contribution in [0.1, 0.15) is 19.4 Å². The number of carbonyl (C=O) groups excluding carboxylic acids is 1. The summed E-state index contributed by atoms with van der Waals surface area (Å²) in [6.07, 6.45) is 0. The van der Waals surface area contributed by atoms with E-state index in [9.17, 15) is 17.6 Å². The van der Waals surface area contributed by atoms with E-state index in [1.807, 2.05) is 18.2 Å². The van der Waals surface area contributed by atoms with Crippen LogP contribution in [0.25, 0.3) is 0 Å². The maximum atomic E-state index is 13.2. The third kappa shape index (κ3) is 5.45. The van der Waals surface area contributed by atoms with Crippen LogP contribution in [0.2, 0.25) is 0 Å². The third-order valence-corrected chi connectivity index (χ3v) is 7.32. The minimum atomic E-state index is -3.96. The second-order valence-corrected chi connectivity index (χ2v) is 10.3. The Morgan fingerprint density at radius 3 is 2.36 bits per heavy atom. The Labute approximate surface area is 193 Å². The Balaban J connectivity index is 1.36. The highest BCUT2D eigenvalue weighted by molar-refractivity contribution is 7.89. The van der Waals surface area contributed by atoms with Gasteiger partial charge in [0.1, 0.15) is 11.9 Å². The molecule has 1 N–H and O–H groups in total. The van der Waals surface area contributed by atoms with Gasteiger partial charge in [0, 0.05) is 32.7 Å². The lowest BCUT2D eigenvalue weighted by Gasteiger charge is -2.37. The van der Waals surface area contributed by atoms with Gasteiger partial charge in [-0.05, 0) is 47.9 Å². The summed E-state index contributed by atoms with van der Waals surface area (Å²) >= 11 is 0. The van der Waals surface area contributed by atoms with Gasteiger partial charge in [-0.3, -0.25) is 9.69 Å². The number of hydrogen-bond acceptors (Lipinski definition) is 6. The van der Waals surface area contributed by atoms with Gasteiger partial charge in [0.25, 0.3) is 0 Å². The SMILES string of the molecule is CC(C)C(NS(=O)(=O)c1ccc(F)cc1)C(=O)N1CCN(Cc2ccc3c(c2)OCO3)CC1. The zero-order chi connectivity index (χ0) is 23.6. The molecule has 4 rings (SSSR count). The largest absolute Gasteiger partial charge is 0.454 e. The first-order valence-electron chi connectivity index (χ1n) is 10.9. The van der Waals surface area contributed by atoms with E-state index in [0.29, 0.717) is 26.2 Å². The minimum absolute atomic E-state index is 0.0732. The molecular formula is C23H28FN3O5S. The monoisotopic (exact) mass is 477 g/mol. The molecule has 1 amide bonds. The summed E-state index contributed by atoms with van der Waals surface area (Å²) in [5, 5.41) is 0. The van der Waals surface area contributed by atoms with E-state index in [1.54, 1.807) is 18.7 Å². The molecule has 0 saturated carbocycles. The van der Waals surface area contributed by atoms with Crippen molar-refractivity contribution in [1.29, 1.82) is 0 Å². The van der Waals surface area contributed by atoms with E-state index in [4.69, 9.17) is 9.47 Å². The van der Waals surface area contributed by atoms with Crippen LogP contribution < -0.4 is 14.2 Å². The average molecular weight is 478 g/mol. The van der Waals surface area contributed by atoms with Gasteiger partial charge in [0.2, 0.25) is 22.7 Å². The summed E-state index contributed by atoms with van der Waals surface area (Å²) in [4.78, 5) is 17.1. The van der Waals surface area contributed by atoms with Crippen LogP contribution in [0.5, 0.6) is 11.5 Å². The van der Waals surface area contributed by atoms with Crippen LogP contribution in [0, 0.1) is 11.7 Å². The fourth-order valence-electron chi connectivity index (χ4n) is 3.94. The summed E-state index contributed by atoms with van der Waals surface area (Å²) < 4.78 is 52.0. The molecule has 2 aliphatic heterocycles. The lowest BCUT2D eigenvalue weighted by Crippen LogP contribution is -2.56. The zero-order valence-electron chi connectivity index (χ0n) is 18.7. The lowest BCUT2D eigenvalue weighted by atomic mass is 10.0. The van der Waals surface area contributed by atoms with Crippen LogP contribution in [-0.4, -0.2) is 63.1 Å². The molecule has 2 aliphatic rings. The second kappa shape index (κ2) is 9.66. The van der Waals surface area contributed by atoms with Crippen molar-refractivity contribution in [1.82, 2.24) is 14.5 Å². The molecule has 1 saturated heterocycles. The van der Waals surface area contributed by atoms with Crippen molar-refractivity contribution in [2.24, 2.45) is 5.92 Å². The maximum Gasteiger partial charge on any atom is 0.241 e. The summed E-state index contributed by atoms with van der Waals surface area (Å²) in [6, 6.07) is 9.52. The molecule has 0 bridgehead atoms. The predicted octanol–water partition coefficient (Wildman–Crippen LogP) is 2.20. The van der Waals surface area contributed by atoms with Gasteiger partial charge >= 0.3 is 0 Å². The van der Waals surface area contributed by atoms with Crippen molar-refractivity contribution in [2.75, 3.05) is 33.0 Å². The van der Waals surface area contributed by atoms with E-state index in [2.05, 4.69) is 9.62 Å². The van der Waals surface area contributed by atoms with Crippen LogP contribution in [0.4, 0.5) is 4.39 Å². The van der Waals surface area contributed by atoms with Crippen molar-refractivity contribution in [2.45, 2.75) is 31.3 Å². The van der Waals surface area contributed by atoms with Crippen molar-refractivity contribution in [3.05, 3.63) is 53.8 Å². The number of nitrogens with zero attached hydrogens (tertiary/aromatic N) is 2. The first-order valence-corrected chi connectivity index (χ1v) is 12.4. The van der Waals surface area contributed by atoms with E-state index >= 15 is 0 Å². The number of hydrogen-bond donors (Lipinski definition) is 1. The maximum absolute atomic E-state index is 13.2. The Bertz CT molecular complexity index is 1100. The smallest absolute Gasteiger partial charge is 0.241 e. The van der Waals surface area contributed by atoms with Crippen molar-refractivity contribution >= 4 is 15.9 Å². The number of ether oxygens (including phenoxy) is 2. The van der Waals surface area contributed by atoms with Gasteiger partial charge < -0.3 is 14.4 Å². The van der Waals surface area contributed by atoms with Gasteiger partial charge in [-0.15, -0.1) is 0 Å². The molecule has 0 spiro atoms. The fraction of sp³-hybridized carbons (Fsp3) is 0.435. The Kier molecular flexibility index (Phi) is 6.87. The molecule has 1 unspecified atom stereocenters. The third-order valence-electron chi connectivity index (χ3n) is 5.87. The molecule has 0 radical (unpaired) electrons. The molecule has 178 valence electrons. The molecule has 2 aromatic rings. The van der Waals surface area contributed by atoms with E-state index in [1.165, 1.54) is 12.1 Å². The highest BCUT2D eigenvalue weighted by Gasteiger charge is 2.33. The number of amides is 1. The van der Waals surface area contributed by atoms with Crippen molar-refractivity contribution in [3.8, 4) is 11.5 Å². The van der Waals surface area contributed by atoms with Crippen molar-refractivity contribution < 1.29 is 27.1 Å². The van der Waals surface area contributed by atoms with E-state index in [-0.39, 0.29) is 23.5 Å². The normalized spacial score (nSPS) is 17.4. The average Bonchev–Trinajstić information content (AvgIpc) is 3.26. The Morgan fingerprint density at radius 1 is 1.03 bits per heavy atom. The number of benzene rings is 2. The highest BCUT2D eigenvalue weighted by Crippen LogP contribution is 2.32. The van der Waals surface area contributed by atoms with Crippen LogP contribution >= 0.6 is 0 Å². The standard InChI is InChI=1S/C23H28FN3O5S/c1-16(2)22(25-33(29,30)19-6-4-18(24)5-7-19)23(28)27-11-9-26(10-12-27)14-17-3-8-20-21(13-17)32-15-31-20/h3-8,13,16,22,25H,9-12,14-15H2,1-2H3. The number of sulfonamides is 1. The van der Waals surface area contributed by atoms with Crippen molar-refractivity contribution in [3.63, 3.8) is 0 Å².